The number of benzene rings is 2. The van der Waals surface area contributed by atoms with Crippen LogP contribution in [0.15, 0.2) is 36.4 Å². The van der Waals surface area contributed by atoms with Gasteiger partial charge in [0.1, 0.15) is 5.75 Å². The van der Waals surface area contributed by atoms with Crippen LogP contribution in [0.5, 0.6) is 5.75 Å². The second-order valence-corrected chi connectivity index (χ2v) is 4.93. The molecule has 0 saturated heterocycles. The molecule has 1 aliphatic heterocycles. The van der Waals surface area contributed by atoms with Crippen LogP contribution in [0.2, 0.25) is 0 Å². The average molecular weight is 297 g/mol. The van der Waals surface area contributed by atoms with E-state index < -0.39 is 17.8 Å². The van der Waals surface area contributed by atoms with E-state index in [4.69, 9.17) is 5.11 Å². The van der Waals surface area contributed by atoms with E-state index in [0.717, 1.165) is 4.90 Å². The number of aromatic carboxylic acids is 1. The van der Waals surface area contributed by atoms with E-state index in [1.54, 1.807) is 12.1 Å². The summed E-state index contributed by atoms with van der Waals surface area (Å²) >= 11 is 0. The average Bonchev–Trinajstić information content (AvgIpc) is 2.74. The van der Waals surface area contributed by atoms with Gasteiger partial charge < -0.3 is 10.2 Å². The van der Waals surface area contributed by atoms with Crippen molar-refractivity contribution in [1.29, 1.82) is 0 Å². The molecule has 0 bridgehead atoms. The summed E-state index contributed by atoms with van der Waals surface area (Å²) in [4.78, 5) is 36.8. The predicted octanol–water partition coefficient (Wildman–Crippen LogP) is 2.20. The zero-order valence-corrected chi connectivity index (χ0v) is 11.5. The third kappa shape index (κ3) is 1.85. The fraction of sp³-hybridized carbons (Fsp3) is 0.0625. The summed E-state index contributed by atoms with van der Waals surface area (Å²) in [5, 5.41) is 19.0. The maximum atomic E-state index is 12.4. The molecule has 110 valence electrons. The number of anilines is 1. The third-order valence-corrected chi connectivity index (χ3v) is 3.65. The molecule has 0 aromatic heterocycles. The number of hydrogen-bond donors (Lipinski definition) is 2. The molecule has 2 amide bonds. The van der Waals surface area contributed by atoms with Crippen LogP contribution in [0, 0.1) is 6.92 Å². The van der Waals surface area contributed by atoms with Gasteiger partial charge in [0.25, 0.3) is 11.8 Å². The molecule has 0 atom stereocenters. The molecular formula is C16H11NO5. The minimum Gasteiger partial charge on any atom is -0.508 e. The summed E-state index contributed by atoms with van der Waals surface area (Å²) in [6.45, 7) is 1.45. The van der Waals surface area contributed by atoms with Crippen LogP contribution < -0.4 is 4.90 Å². The molecule has 0 unspecified atom stereocenters. The Morgan fingerprint density at radius 3 is 2.09 bits per heavy atom. The molecule has 22 heavy (non-hydrogen) atoms. The Hall–Kier alpha value is -3.15. The van der Waals surface area contributed by atoms with Gasteiger partial charge in [-0.1, -0.05) is 12.1 Å². The molecule has 6 nitrogen and oxygen atoms in total. The van der Waals surface area contributed by atoms with Crippen molar-refractivity contribution in [3.05, 3.63) is 58.7 Å². The molecule has 3 rings (SSSR count). The van der Waals surface area contributed by atoms with Crippen molar-refractivity contribution in [2.24, 2.45) is 0 Å². The number of imide groups is 1. The van der Waals surface area contributed by atoms with Crippen molar-refractivity contribution in [1.82, 2.24) is 0 Å². The number of phenols is 1. The quantitative estimate of drug-likeness (QED) is 0.829. The Kier molecular flexibility index (Phi) is 2.95. The first-order chi connectivity index (χ1) is 10.4. The van der Waals surface area contributed by atoms with Crippen LogP contribution in [-0.2, 0) is 0 Å². The highest BCUT2D eigenvalue weighted by molar-refractivity contribution is 6.34. The Bertz CT molecular complexity index is 805. The highest BCUT2D eigenvalue weighted by Gasteiger charge is 2.37. The predicted molar refractivity (Wildman–Crippen MR) is 77.4 cm³/mol. The van der Waals surface area contributed by atoms with E-state index >= 15 is 0 Å². The van der Waals surface area contributed by atoms with Gasteiger partial charge in [0.05, 0.1) is 22.4 Å². The largest absolute Gasteiger partial charge is 0.508 e. The van der Waals surface area contributed by atoms with Gasteiger partial charge in [-0.3, -0.25) is 9.59 Å². The summed E-state index contributed by atoms with van der Waals surface area (Å²) in [7, 11) is 0. The Morgan fingerprint density at radius 1 is 1.05 bits per heavy atom. The maximum Gasteiger partial charge on any atom is 0.336 e. The lowest BCUT2D eigenvalue weighted by molar-refractivity contribution is 0.0694. The molecule has 0 saturated carbocycles. The van der Waals surface area contributed by atoms with Gasteiger partial charge in [-0.05, 0) is 25.1 Å². The van der Waals surface area contributed by atoms with Crippen molar-refractivity contribution < 1.29 is 24.6 Å². The number of nitrogens with zero attached hydrogens (tertiary/aromatic N) is 1. The lowest BCUT2D eigenvalue weighted by Gasteiger charge is -2.16. The van der Waals surface area contributed by atoms with Crippen LogP contribution in [0.3, 0.4) is 0 Å². The number of carboxylic acid groups (broad SMARTS) is 1. The first-order valence-corrected chi connectivity index (χ1v) is 6.46. The molecule has 2 N–H and O–H groups in total. The summed E-state index contributed by atoms with van der Waals surface area (Å²) in [6.07, 6.45) is 0. The number of rotatable bonds is 2. The number of carbonyl (C=O) groups excluding carboxylic acids is 2. The van der Waals surface area contributed by atoms with Gasteiger partial charge in [0, 0.05) is 11.6 Å². The first-order valence-electron chi connectivity index (χ1n) is 6.46. The Labute approximate surface area is 125 Å². The molecule has 0 radical (unpaired) electrons. The van der Waals surface area contributed by atoms with Crippen molar-refractivity contribution in [3.8, 4) is 5.75 Å². The minimum absolute atomic E-state index is 0.0340. The number of carboxylic acids is 1. The number of amides is 2. The molecule has 1 heterocycles. The summed E-state index contributed by atoms with van der Waals surface area (Å²) in [5.74, 6) is -2.61. The highest BCUT2D eigenvalue weighted by atomic mass is 16.4. The van der Waals surface area contributed by atoms with E-state index in [2.05, 4.69) is 0 Å². The zero-order valence-electron chi connectivity index (χ0n) is 11.5. The minimum atomic E-state index is -1.24. The molecule has 1 aliphatic rings. The summed E-state index contributed by atoms with van der Waals surface area (Å²) < 4.78 is 0. The van der Waals surface area contributed by atoms with E-state index in [9.17, 15) is 19.5 Å². The van der Waals surface area contributed by atoms with Crippen molar-refractivity contribution in [2.45, 2.75) is 6.92 Å². The van der Waals surface area contributed by atoms with Gasteiger partial charge in [0.2, 0.25) is 0 Å². The fourth-order valence-electron chi connectivity index (χ4n) is 2.46. The monoisotopic (exact) mass is 297 g/mol. The second-order valence-electron chi connectivity index (χ2n) is 4.93. The number of phenolic OH excluding ortho intramolecular Hbond substituents is 1. The Morgan fingerprint density at radius 2 is 1.59 bits per heavy atom. The number of aromatic hydroxyl groups is 1. The second kappa shape index (κ2) is 4.70. The van der Waals surface area contributed by atoms with E-state index in [-0.39, 0.29) is 33.7 Å². The molecule has 2 aromatic rings. The van der Waals surface area contributed by atoms with Crippen LogP contribution in [0.1, 0.15) is 36.6 Å². The highest BCUT2D eigenvalue weighted by Crippen LogP contribution is 2.33. The van der Waals surface area contributed by atoms with E-state index in [0.29, 0.717) is 0 Å². The van der Waals surface area contributed by atoms with Gasteiger partial charge in [-0.25, -0.2) is 9.69 Å². The third-order valence-electron chi connectivity index (χ3n) is 3.65. The summed E-state index contributed by atoms with van der Waals surface area (Å²) in [6, 6.07) is 8.76. The van der Waals surface area contributed by atoms with Crippen molar-refractivity contribution in [2.75, 3.05) is 4.90 Å². The molecule has 0 spiro atoms. The SMILES string of the molecule is Cc1c(O)cc(N2C(=O)c3ccccc3C2=O)cc1C(=O)O. The van der Waals surface area contributed by atoms with E-state index in [1.807, 2.05) is 0 Å². The Balaban J connectivity index is 2.16. The van der Waals surface area contributed by atoms with Crippen molar-refractivity contribution >= 4 is 23.5 Å². The zero-order chi connectivity index (χ0) is 16.0. The van der Waals surface area contributed by atoms with E-state index in [1.165, 1.54) is 31.2 Å². The topological polar surface area (TPSA) is 94.9 Å². The molecule has 2 aromatic carbocycles. The molecule has 0 aliphatic carbocycles. The summed E-state index contributed by atoms with van der Waals surface area (Å²) in [5.41, 5.74) is 0.556. The lowest BCUT2D eigenvalue weighted by Crippen LogP contribution is -2.29. The van der Waals surface area contributed by atoms with Crippen molar-refractivity contribution in [3.63, 3.8) is 0 Å². The van der Waals surface area contributed by atoms with Gasteiger partial charge in [-0.15, -0.1) is 0 Å². The number of carbonyl (C=O) groups is 3. The number of fused-ring (bicyclic) bond motifs is 1. The van der Waals surface area contributed by atoms with Crippen LogP contribution in [0.25, 0.3) is 0 Å². The normalized spacial score (nSPS) is 13.4. The maximum absolute atomic E-state index is 12.4. The molecule has 6 heteroatoms. The van der Waals surface area contributed by atoms with Crippen LogP contribution >= 0.6 is 0 Å². The molecular weight excluding hydrogens is 286 g/mol. The number of hydrogen-bond acceptors (Lipinski definition) is 4. The molecule has 0 fully saturated rings. The van der Waals surface area contributed by atoms with Crippen LogP contribution in [-0.4, -0.2) is 28.0 Å². The first kappa shape index (κ1) is 13.8. The van der Waals surface area contributed by atoms with Gasteiger partial charge in [-0.2, -0.15) is 0 Å². The fourth-order valence-corrected chi connectivity index (χ4v) is 2.46. The van der Waals surface area contributed by atoms with Gasteiger partial charge >= 0.3 is 5.97 Å². The van der Waals surface area contributed by atoms with Gasteiger partial charge in [0.15, 0.2) is 0 Å². The van der Waals surface area contributed by atoms with Crippen LogP contribution in [0.4, 0.5) is 5.69 Å². The smallest absolute Gasteiger partial charge is 0.336 e. The lowest BCUT2D eigenvalue weighted by atomic mass is 10.1. The standard InChI is InChI=1S/C16H11NO5/c1-8-12(16(21)22)6-9(7-13(8)18)17-14(19)10-4-2-3-5-11(10)15(17)20/h2-7,18H,1H3,(H,21,22).